The highest BCUT2D eigenvalue weighted by Gasteiger charge is 2.27. The van der Waals surface area contributed by atoms with E-state index in [-0.39, 0.29) is 17.9 Å². The predicted molar refractivity (Wildman–Crippen MR) is 53.2 cm³/mol. The largest absolute Gasteiger partial charge is 0.356 e. The van der Waals surface area contributed by atoms with E-state index >= 15 is 0 Å². The third-order valence-electron chi connectivity index (χ3n) is 2.67. The second-order valence-electron chi connectivity index (χ2n) is 3.91. The standard InChI is InChI=1S/C10H20N2O/c1-2-3-6-12-10(13)8-4-5-9(11)7-8/h8-9H,2-7,11H2,1H3,(H,12,13). The predicted octanol–water partition coefficient (Wildman–Crippen LogP) is 1.03. The van der Waals surface area contributed by atoms with Crippen LogP contribution in [0.1, 0.15) is 39.0 Å². The van der Waals surface area contributed by atoms with Crippen molar-refractivity contribution in [1.29, 1.82) is 0 Å². The molecule has 0 radical (unpaired) electrons. The van der Waals surface area contributed by atoms with Gasteiger partial charge in [0.15, 0.2) is 0 Å². The summed E-state index contributed by atoms with van der Waals surface area (Å²) in [6.07, 6.45) is 5.05. The van der Waals surface area contributed by atoms with Crippen LogP contribution in [0.25, 0.3) is 0 Å². The van der Waals surface area contributed by atoms with Gasteiger partial charge in [0, 0.05) is 18.5 Å². The van der Waals surface area contributed by atoms with Gasteiger partial charge in [0.1, 0.15) is 0 Å². The molecule has 0 heterocycles. The fourth-order valence-corrected chi connectivity index (χ4v) is 1.79. The molecule has 3 nitrogen and oxygen atoms in total. The Morgan fingerprint density at radius 2 is 2.31 bits per heavy atom. The highest BCUT2D eigenvalue weighted by atomic mass is 16.1. The minimum Gasteiger partial charge on any atom is -0.356 e. The molecule has 3 heteroatoms. The van der Waals surface area contributed by atoms with Crippen molar-refractivity contribution in [3.8, 4) is 0 Å². The molecule has 1 saturated carbocycles. The Morgan fingerprint density at radius 3 is 2.85 bits per heavy atom. The maximum atomic E-state index is 11.5. The van der Waals surface area contributed by atoms with Gasteiger partial charge in [-0.15, -0.1) is 0 Å². The minimum atomic E-state index is 0.187. The lowest BCUT2D eigenvalue weighted by Gasteiger charge is -2.09. The van der Waals surface area contributed by atoms with Crippen molar-refractivity contribution in [3.63, 3.8) is 0 Å². The first-order valence-electron chi connectivity index (χ1n) is 5.27. The lowest BCUT2D eigenvalue weighted by Crippen LogP contribution is -2.31. The number of amides is 1. The van der Waals surface area contributed by atoms with E-state index in [2.05, 4.69) is 12.2 Å². The smallest absolute Gasteiger partial charge is 0.223 e. The first kappa shape index (κ1) is 10.5. The molecule has 2 atom stereocenters. The second-order valence-corrected chi connectivity index (χ2v) is 3.91. The summed E-state index contributed by atoms with van der Waals surface area (Å²) in [7, 11) is 0. The summed E-state index contributed by atoms with van der Waals surface area (Å²) >= 11 is 0. The van der Waals surface area contributed by atoms with Crippen LogP contribution in [0.4, 0.5) is 0 Å². The molecule has 2 unspecified atom stereocenters. The van der Waals surface area contributed by atoms with E-state index in [0.717, 1.165) is 38.6 Å². The van der Waals surface area contributed by atoms with Crippen LogP contribution in [-0.2, 0) is 4.79 Å². The minimum absolute atomic E-state index is 0.187. The summed E-state index contributed by atoms with van der Waals surface area (Å²) in [6, 6.07) is 0.252. The van der Waals surface area contributed by atoms with Crippen molar-refractivity contribution in [2.24, 2.45) is 11.7 Å². The van der Waals surface area contributed by atoms with Crippen LogP contribution in [0.5, 0.6) is 0 Å². The summed E-state index contributed by atoms with van der Waals surface area (Å²) in [5.74, 6) is 0.397. The number of nitrogens with one attached hydrogen (secondary N) is 1. The van der Waals surface area contributed by atoms with E-state index in [4.69, 9.17) is 5.73 Å². The monoisotopic (exact) mass is 184 g/mol. The van der Waals surface area contributed by atoms with Gasteiger partial charge in [0.2, 0.25) is 5.91 Å². The zero-order chi connectivity index (χ0) is 9.68. The van der Waals surface area contributed by atoms with Crippen LogP contribution in [0.2, 0.25) is 0 Å². The van der Waals surface area contributed by atoms with Crippen LogP contribution in [0, 0.1) is 5.92 Å². The van der Waals surface area contributed by atoms with Gasteiger partial charge in [0.25, 0.3) is 0 Å². The maximum Gasteiger partial charge on any atom is 0.223 e. The first-order valence-corrected chi connectivity index (χ1v) is 5.27. The number of carbonyl (C=O) groups excluding carboxylic acids is 1. The number of nitrogens with two attached hydrogens (primary N) is 1. The Labute approximate surface area is 80.1 Å². The number of hydrogen-bond acceptors (Lipinski definition) is 2. The van der Waals surface area contributed by atoms with Gasteiger partial charge in [-0.3, -0.25) is 4.79 Å². The highest BCUT2D eigenvalue weighted by molar-refractivity contribution is 5.78. The van der Waals surface area contributed by atoms with Crippen LogP contribution in [-0.4, -0.2) is 18.5 Å². The van der Waals surface area contributed by atoms with Gasteiger partial charge in [-0.25, -0.2) is 0 Å². The van der Waals surface area contributed by atoms with Crippen LogP contribution in [0.15, 0.2) is 0 Å². The normalized spacial score (nSPS) is 27.5. The molecule has 1 amide bonds. The SMILES string of the molecule is CCCCNC(=O)C1CCC(N)C1. The molecule has 1 fully saturated rings. The Bertz CT molecular complexity index is 170. The molecule has 0 spiro atoms. The third-order valence-corrected chi connectivity index (χ3v) is 2.67. The van der Waals surface area contributed by atoms with Gasteiger partial charge in [-0.1, -0.05) is 13.3 Å². The fourth-order valence-electron chi connectivity index (χ4n) is 1.79. The number of carbonyl (C=O) groups is 1. The van der Waals surface area contributed by atoms with E-state index in [1.54, 1.807) is 0 Å². The zero-order valence-corrected chi connectivity index (χ0v) is 8.38. The highest BCUT2D eigenvalue weighted by Crippen LogP contribution is 2.23. The van der Waals surface area contributed by atoms with Crippen molar-refractivity contribution in [2.75, 3.05) is 6.54 Å². The second kappa shape index (κ2) is 5.22. The molecule has 76 valence electrons. The molecule has 0 saturated heterocycles. The average Bonchev–Trinajstić information content (AvgIpc) is 2.52. The van der Waals surface area contributed by atoms with Gasteiger partial charge in [0.05, 0.1) is 0 Å². The lowest BCUT2D eigenvalue weighted by molar-refractivity contribution is -0.124. The van der Waals surface area contributed by atoms with E-state index in [1.165, 1.54) is 0 Å². The topological polar surface area (TPSA) is 55.1 Å². The van der Waals surface area contributed by atoms with Gasteiger partial charge >= 0.3 is 0 Å². The Kier molecular flexibility index (Phi) is 4.22. The van der Waals surface area contributed by atoms with Crippen molar-refractivity contribution < 1.29 is 4.79 Å². The van der Waals surface area contributed by atoms with Crippen molar-refractivity contribution >= 4 is 5.91 Å². The summed E-state index contributed by atoms with van der Waals surface area (Å²) in [6.45, 7) is 2.94. The zero-order valence-electron chi connectivity index (χ0n) is 8.38. The van der Waals surface area contributed by atoms with E-state index in [0.29, 0.717) is 0 Å². The number of hydrogen-bond donors (Lipinski definition) is 2. The lowest BCUT2D eigenvalue weighted by atomic mass is 10.1. The van der Waals surface area contributed by atoms with Gasteiger partial charge < -0.3 is 11.1 Å². The molecule has 1 rings (SSSR count). The Balaban J connectivity index is 2.16. The maximum absolute atomic E-state index is 11.5. The Hall–Kier alpha value is -0.570. The summed E-state index contributed by atoms with van der Waals surface area (Å²) in [4.78, 5) is 11.5. The Morgan fingerprint density at radius 1 is 1.54 bits per heavy atom. The fraction of sp³-hybridized carbons (Fsp3) is 0.900. The molecule has 0 bridgehead atoms. The van der Waals surface area contributed by atoms with Gasteiger partial charge in [-0.2, -0.15) is 0 Å². The molecule has 0 aromatic rings. The average molecular weight is 184 g/mol. The third kappa shape index (κ3) is 3.35. The number of rotatable bonds is 4. The quantitative estimate of drug-likeness (QED) is 0.641. The summed E-state index contributed by atoms with van der Waals surface area (Å²) < 4.78 is 0. The van der Waals surface area contributed by atoms with Crippen LogP contribution in [0.3, 0.4) is 0 Å². The molecular weight excluding hydrogens is 164 g/mol. The first-order chi connectivity index (χ1) is 6.24. The molecule has 0 aromatic heterocycles. The number of unbranched alkanes of at least 4 members (excludes halogenated alkanes) is 1. The molecular formula is C10H20N2O. The van der Waals surface area contributed by atoms with Crippen molar-refractivity contribution in [1.82, 2.24) is 5.32 Å². The molecule has 1 aliphatic rings. The molecule has 0 aliphatic heterocycles. The van der Waals surface area contributed by atoms with Crippen molar-refractivity contribution in [3.05, 3.63) is 0 Å². The molecule has 0 aromatic carbocycles. The van der Waals surface area contributed by atoms with E-state index < -0.39 is 0 Å². The van der Waals surface area contributed by atoms with Crippen molar-refractivity contribution in [2.45, 2.75) is 45.1 Å². The van der Waals surface area contributed by atoms with Crippen LogP contribution < -0.4 is 11.1 Å². The summed E-state index contributed by atoms with van der Waals surface area (Å²) in [5.41, 5.74) is 5.74. The molecule has 3 N–H and O–H groups in total. The van der Waals surface area contributed by atoms with E-state index in [9.17, 15) is 4.79 Å². The van der Waals surface area contributed by atoms with E-state index in [1.807, 2.05) is 0 Å². The van der Waals surface area contributed by atoms with Gasteiger partial charge in [-0.05, 0) is 25.7 Å². The molecule has 13 heavy (non-hydrogen) atoms. The molecule has 1 aliphatic carbocycles. The summed E-state index contributed by atoms with van der Waals surface area (Å²) in [5, 5.41) is 2.95. The van der Waals surface area contributed by atoms with Crippen LogP contribution >= 0.6 is 0 Å².